The van der Waals surface area contributed by atoms with Gasteiger partial charge >= 0.3 is 0 Å². The molecule has 1 aliphatic carbocycles. The molecule has 134 valence electrons. The number of amides is 1. The SMILES string of the molecule is COc1ccc(-c2ccc(CNC(=O)CNCC3CC3)cc2)cc1.Cl. The van der Waals surface area contributed by atoms with Crippen LogP contribution in [-0.2, 0) is 11.3 Å². The minimum Gasteiger partial charge on any atom is -0.497 e. The molecule has 0 heterocycles. The van der Waals surface area contributed by atoms with Crippen LogP contribution in [0.15, 0.2) is 48.5 Å². The van der Waals surface area contributed by atoms with E-state index < -0.39 is 0 Å². The van der Waals surface area contributed by atoms with Crippen LogP contribution < -0.4 is 15.4 Å². The average molecular weight is 361 g/mol. The quantitative estimate of drug-likeness (QED) is 0.758. The summed E-state index contributed by atoms with van der Waals surface area (Å²) in [7, 11) is 1.67. The second kappa shape index (κ2) is 9.44. The third-order valence-electron chi connectivity index (χ3n) is 4.28. The van der Waals surface area contributed by atoms with Crippen molar-refractivity contribution in [3.8, 4) is 16.9 Å². The summed E-state index contributed by atoms with van der Waals surface area (Å²) >= 11 is 0. The Morgan fingerprint density at radius 1 is 1.04 bits per heavy atom. The van der Waals surface area contributed by atoms with Crippen molar-refractivity contribution in [1.82, 2.24) is 10.6 Å². The highest BCUT2D eigenvalue weighted by Gasteiger charge is 2.20. The molecular weight excluding hydrogens is 336 g/mol. The number of carbonyl (C=O) groups is 1. The maximum atomic E-state index is 11.8. The minimum absolute atomic E-state index is 0. The van der Waals surface area contributed by atoms with E-state index in [9.17, 15) is 4.79 Å². The van der Waals surface area contributed by atoms with E-state index in [0.29, 0.717) is 13.1 Å². The van der Waals surface area contributed by atoms with Gasteiger partial charge in [0, 0.05) is 6.54 Å². The molecule has 1 amide bonds. The van der Waals surface area contributed by atoms with Crippen LogP contribution in [0, 0.1) is 5.92 Å². The number of benzene rings is 2. The topological polar surface area (TPSA) is 50.4 Å². The van der Waals surface area contributed by atoms with Gasteiger partial charge in [-0.15, -0.1) is 12.4 Å². The maximum Gasteiger partial charge on any atom is 0.234 e. The van der Waals surface area contributed by atoms with Crippen molar-refractivity contribution in [3.05, 3.63) is 54.1 Å². The van der Waals surface area contributed by atoms with Crippen molar-refractivity contribution in [2.45, 2.75) is 19.4 Å². The number of ether oxygens (including phenoxy) is 1. The summed E-state index contributed by atoms with van der Waals surface area (Å²) < 4.78 is 5.18. The first kappa shape index (κ1) is 19.3. The molecule has 2 N–H and O–H groups in total. The molecule has 2 aromatic carbocycles. The molecule has 0 bridgehead atoms. The predicted octanol–water partition coefficient (Wildman–Crippen LogP) is 3.40. The van der Waals surface area contributed by atoms with Crippen LogP contribution in [0.25, 0.3) is 11.1 Å². The van der Waals surface area contributed by atoms with Gasteiger partial charge in [0.2, 0.25) is 5.91 Å². The molecule has 0 unspecified atom stereocenters. The number of carbonyl (C=O) groups excluding carboxylic acids is 1. The standard InChI is InChI=1S/C20H24N2O2.ClH/c1-24-19-10-8-18(9-11-19)17-6-4-16(5-7-17)13-22-20(23)14-21-12-15-2-3-15;/h4-11,15,21H,2-3,12-14H2,1H3,(H,22,23);1H. The van der Waals surface area contributed by atoms with Gasteiger partial charge in [0.05, 0.1) is 13.7 Å². The van der Waals surface area contributed by atoms with Crippen molar-refractivity contribution in [2.24, 2.45) is 5.92 Å². The molecule has 1 saturated carbocycles. The summed E-state index contributed by atoms with van der Waals surface area (Å²) in [6.07, 6.45) is 2.60. The zero-order chi connectivity index (χ0) is 16.8. The molecule has 0 aromatic heterocycles. The summed E-state index contributed by atoms with van der Waals surface area (Å²) in [5.41, 5.74) is 3.40. The minimum atomic E-state index is 0. The lowest BCUT2D eigenvalue weighted by molar-refractivity contribution is -0.120. The van der Waals surface area contributed by atoms with Crippen LogP contribution in [0.4, 0.5) is 0 Å². The molecule has 3 rings (SSSR count). The predicted molar refractivity (Wildman–Crippen MR) is 103 cm³/mol. The summed E-state index contributed by atoms with van der Waals surface area (Å²) in [6.45, 7) is 1.93. The Morgan fingerprint density at radius 3 is 2.20 bits per heavy atom. The fourth-order valence-corrected chi connectivity index (χ4v) is 2.57. The molecule has 0 atom stereocenters. The molecule has 0 spiro atoms. The van der Waals surface area contributed by atoms with Crippen LogP contribution in [0.3, 0.4) is 0 Å². The number of nitrogens with one attached hydrogen (secondary N) is 2. The zero-order valence-electron chi connectivity index (χ0n) is 14.5. The molecule has 5 heteroatoms. The Labute approximate surface area is 155 Å². The van der Waals surface area contributed by atoms with Gasteiger partial charge < -0.3 is 15.4 Å². The number of methoxy groups -OCH3 is 1. The van der Waals surface area contributed by atoms with Crippen LogP contribution in [0.2, 0.25) is 0 Å². The van der Waals surface area contributed by atoms with Crippen LogP contribution >= 0.6 is 12.4 Å². The normalized spacial score (nSPS) is 13.0. The third kappa shape index (κ3) is 6.07. The monoisotopic (exact) mass is 360 g/mol. The van der Waals surface area contributed by atoms with E-state index in [-0.39, 0.29) is 18.3 Å². The lowest BCUT2D eigenvalue weighted by Crippen LogP contribution is -2.34. The Balaban J connectivity index is 0.00000225. The number of rotatable bonds is 8. The van der Waals surface area contributed by atoms with Gasteiger partial charge in [0.25, 0.3) is 0 Å². The lowest BCUT2D eigenvalue weighted by Gasteiger charge is -2.08. The summed E-state index contributed by atoms with van der Waals surface area (Å²) in [4.78, 5) is 11.8. The van der Waals surface area contributed by atoms with Gasteiger partial charge in [-0.3, -0.25) is 4.79 Å². The van der Waals surface area contributed by atoms with Crippen LogP contribution in [0.5, 0.6) is 5.75 Å². The average Bonchev–Trinajstić information content (AvgIpc) is 3.45. The van der Waals surface area contributed by atoms with E-state index in [2.05, 4.69) is 34.9 Å². The first-order valence-electron chi connectivity index (χ1n) is 8.45. The molecule has 2 aromatic rings. The van der Waals surface area contributed by atoms with Crippen molar-refractivity contribution >= 4 is 18.3 Å². The van der Waals surface area contributed by atoms with E-state index in [1.807, 2.05) is 24.3 Å². The van der Waals surface area contributed by atoms with Gasteiger partial charge in [-0.1, -0.05) is 36.4 Å². The first-order chi connectivity index (χ1) is 11.7. The highest BCUT2D eigenvalue weighted by Crippen LogP contribution is 2.27. The second-order valence-electron chi connectivity index (χ2n) is 6.28. The van der Waals surface area contributed by atoms with Crippen molar-refractivity contribution in [1.29, 1.82) is 0 Å². The molecule has 25 heavy (non-hydrogen) atoms. The molecule has 4 nitrogen and oxygen atoms in total. The van der Waals surface area contributed by atoms with Gasteiger partial charge in [-0.2, -0.15) is 0 Å². The molecule has 1 fully saturated rings. The lowest BCUT2D eigenvalue weighted by atomic mass is 10.0. The number of hydrogen-bond donors (Lipinski definition) is 2. The largest absolute Gasteiger partial charge is 0.497 e. The Morgan fingerprint density at radius 2 is 1.64 bits per heavy atom. The van der Waals surface area contributed by atoms with Gasteiger partial charge in [0.1, 0.15) is 5.75 Å². The van der Waals surface area contributed by atoms with Crippen LogP contribution in [0.1, 0.15) is 18.4 Å². The summed E-state index contributed by atoms with van der Waals surface area (Å²) in [5.74, 6) is 1.70. The fourth-order valence-electron chi connectivity index (χ4n) is 2.57. The highest BCUT2D eigenvalue weighted by atomic mass is 35.5. The zero-order valence-corrected chi connectivity index (χ0v) is 15.3. The van der Waals surface area contributed by atoms with Crippen molar-refractivity contribution in [3.63, 3.8) is 0 Å². The maximum absolute atomic E-state index is 11.8. The molecule has 0 aliphatic heterocycles. The Bertz CT molecular complexity index is 667. The highest BCUT2D eigenvalue weighted by molar-refractivity contribution is 5.85. The Kier molecular flexibility index (Phi) is 7.29. The molecule has 0 saturated heterocycles. The summed E-state index contributed by atoms with van der Waals surface area (Å²) in [6, 6.07) is 16.3. The van der Waals surface area contributed by atoms with Gasteiger partial charge in [-0.05, 0) is 54.1 Å². The third-order valence-corrected chi connectivity index (χ3v) is 4.28. The molecular formula is C20H25ClN2O2. The first-order valence-corrected chi connectivity index (χ1v) is 8.45. The van der Waals surface area contributed by atoms with Gasteiger partial charge in [-0.25, -0.2) is 0 Å². The van der Waals surface area contributed by atoms with Crippen LogP contribution in [-0.4, -0.2) is 26.1 Å². The smallest absolute Gasteiger partial charge is 0.234 e. The van der Waals surface area contributed by atoms with Gasteiger partial charge in [0.15, 0.2) is 0 Å². The second-order valence-corrected chi connectivity index (χ2v) is 6.28. The number of halogens is 1. The summed E-state index contributed by atoms with van der Waals surface area (Å²) in [5, 5.41) is 6.15. The van der Waals surface area contributed by atoms with E-state index in [0.717, 1.165) is 34.9 Å². The fraction of sp³-hybridized carbons (Fsp3) is 0.350. The van der Waals surface area contributed by atoms with E-state index in [1.54, 1.807) is 7.11 Å². The van der Waals surface area contributed by atoms with E-state index >= 15 is 0 Å². The van der Waals surface area contributed by atoms with E-state index in [1.165, 1.54) is 12.8 Å². The molecule has 1 aliphatic rings. The van der Waals surface area contributed by atoms with Crippen molar-refractivity contribution in [2.75, 3.05) is 20.2 Å². The number of hydrogen-bond acceptors (Lipinski definition) is 3. The Hall–Kier alpha value is -2.04. The van der Waals surface area contributed by atoms with E-state index in [4.69, 9.17) is 4.74 Å². The van der Waals surface area contributed by atoms with Crippen molar-refractivity contribution < 1.29 is 9.53 Å². The molecule has 0 radical (unpaired) electrons.